The van der Waals surface area contributed by atoms with Crippen molar-refractivity contribution in [2.75, 3.05) is 114 Å². The number of aliphatic hydroxyl groups is 1. The number of hydrogen-bond acceptors (Lipinski definition) is 16. The number of rotatable bonds is 18. The van der Waals surface area contributed by atoms with Crippen LogP contribution in [0.15, 0.2) is 85.2 Å². The first-order valence-corrected chi connectivity index (χ1v) is 27.8. The largest absolute Gasteiger partial charge is 0.497 e. The maximum Gasteiger partial charge on any atom is 0.192 e. The lowest BCUT2D eigenvalue weighted by Gasteiger charge is -2.37. The topological polar surface area (TPSA) is 183 Å². The molecular weight excluding hydrogens is 913 g/mol. The zero-order chi connectivity index (χ0) is 50.7. The summed E-state index contributed by atoms with van der Waals surface area (Å²) in [6.45, 7) is 18.4. The van der Waals surface area contributed by atoms with Crippen LogP contribution in [0.3, 0.4) is 0 Å². The average Bonchev–Trinajstić information content (AvgIpc) is 3.40. The number of aromatic nitrogens is 4. The fourth-order valence-corrected chi connectivity index (χ4v) is 9.87. The van der Waals surface area contributed by atoms with Crippen LogP contribution in [-0.4, -0.2) is 127 Å². The number of fused-ring (bicyclic) bond motifs is 2. The molecule has 4 aromatic carbocycles. The fourth-order valence-electron chi connectivity index (χ4n) is 8.84. The van der Waals surface area contributed by atoms with Gasteiger partial charge in [-0.3, -0.25) is 9.97 Å². The molecule has 382 valence electrons. The van der Waals surface area contributed by atoms with Gasteiger partial charge < -0.3 is 59.5 Å². The molecule has 2 fully saturated rings. The van der Waals surface area contributed by atoms with Crippen LogP contribution >= 0.6 is 0 Å². The molecule has 5 N–H and O–H groups in total. The molecule has 0 aliphatic carbocycles. The Labute approximate surface area is 421 Å². The van der Waals surface area contributed by atoms with Gasteiger partial charge in [-0.25, -0.2) is 9.97 Å². The van der Waals surface area contributed by atoms with Gasteiger partial charge in [0.2, 0.25) is 0 Å². The highest BCUT2D eigenvalue weighted by molar-refractivity contribution is 6.74. The molecule has 2 aromatic heterocycles. The smallest absolute Gasteiger partial charge is 0.192 e. The van der Waals surface area contributed by atoms with E-state index < -0.39 is 8.32 Å². The summed E-state index contributed by atoms with van der Waals surface area (Å²) in [5, 5.41) is 9.88. The van der Waals surface area contributed by atoms with Gasteiger partial charge in [0.05, 0.1) is 76.1 Å². The lowest BCUT2D eigenvalue weighted by Crippen LogP contribution is -2.42. The highest BCUT2D eigenvalue weighted by atomic mass is 28.4. The number of ether oxygens (including phenoxy) is 4. The van der Waals surface area contributed by atoms with E-state index in [4.69, 9.17) is 49.8 Å². The first-order chi connectivity index (χ1) is 34.2. The molecule has 2 aliphatic rings. The molecule has 2 saturated heterocycles. The van der Waals surface area contributed by atoms with Crippen LogP contribution in [0.2, 0.25) is 18.1 Å². The highest BCUT2D eigenvalue weighted by Gasteiger charge is 2.37. The van der Waals surface area contributed by atoms with Gasteiger partial charge in [0.15, 0.2) is 8.32 Å². The average molecular weight is 989 g/mol. The Morgan fingerprint density at radius 3 is 1.32 bits per heavy atom. The molecule has 17 heteroatoms. The van der Waals surface area contributed by atoms with Gasteiger partial charge >= 0.3 is 0 Å². The number of nitrogens with two attached hydrogens (primary N) is 2. The van der Waals surface area contributed by atoms with Crippen molar-refractivity contribution in [3.8, 4) is 23.0 Å². The number of aliphatic hydroxyl groups excluding tert-OH is 1. The molecule has 2 aliphatic heterocycles. The lowest BCUT2D eigenvalue weighted by molar-refractivity contribution is 0.297. The summed E-state index contributed by atoms with van der Waals surface area (Å²) in [5.41, 5.74) is 18.9. The Morgan fingerprint density at radius 1 is 0.577 bits per heavy atom. The number of piperidine rings is 2. The second kappa shape index (κ2) is 24.0. The summed E-state index contributed by atoms with van der Waals surface area (Å²) in [4.78, 5) is 28.2. The zero-order valence-electron chi connectivity index (χ0n) is 43.4. The van der Waals surface area contributed by atoms with Crippen molar-refractivity contribution in [2.45, 2.75) is 64.6 Å². The first-order valence-electron chi connectivity index (χ1n) is 24.9. The fraction of sp³-hybridized carbons (Fsp3) is 0.481. The summed E-state index contributed by atoms with van der Waals surface area (Å²) in [6, 6.07) is 23.9. The molecular formula is C54H76N10O6Si. The summed E-state index contributed by atoms with van der Waals surface area (Å²) >= 11 is 0. The SMILES string of the molecule is COc1cc(OC)cc(N(CCO)c2ccc3ncc(N4CCC(CN)CC4)nc3c2)c1.COc1cc(OC)cc(N(CCO[Si](C)(C)C(C)(C)C)c2ccc3ncc(N4CCC(CN)CC4)nc3c2)c1. The number of hydrogen-bond donors (Lipinski definition) is 3. The standard InChI is InChI=1S/C30H45N5O3Si.C24H31N5O3/c1-30(2,3)39(6,7)38-15-14-35(24-16-25(36-4)19-26(17-24)37-5)23-8-9-27-28(18-23)33-29(21-32-27)34-12-10-22(20-31)11-13-34;1-31-20-11-19(12-21(14-20)32-2)29(9-10-30)18-3-4-22-23(13-18)27-24(16-26-22)28-7-5-17(15-25)6-8-28/h8-9,16-19,21-22H,10-15,20,31H2,1-7H3;3-4,11-14,16-17,30H,5-10,15,25H2,1-2H3. The summed E-state index contributed by atoms with van der Waals surface area (Å²) in [6.07, 6.45) is 8.09. The molecule has 71 heavy (non-hydrogen) atoms. The Kier molecular flexibility index (Phi) is 17.8. The van der Waals surface area contributed by atoms with Gasteiger partial charge in [0.25, 0.3) is 0 Å². The van der Waals surface area contributed by atoms with Crippen molar-refractivity contribution in [3.05, 3.63) is 85.2 Å². The van der Waals surface area contributed by atoms with Gasteiger partial charge in [-0.2, -0.15) is 0 Å². The van der Waals surface area contributed by atoms with E-state index in [0.29, 0.717) is 43.0 Å². The summed E-state index contributed by atoms with van der Waals surface area (Å²) in [5.74, 6) is 5.86. The van der Waals surface area contributed by atoms with Crippen LogP contribution in [0.25, 0.3) is 22.1 Å². The molecule has 4 heterocycles. The minimum atomic E-state index is -1.90. The van der Waals surface area contributed by atoms with Crippen LogP contribution in [0.5, 0.6) is 23.0 Å². The quantitative estimate of drug-likeness (QED) is 0.0693. The van der Waals surface area contributed by atoms with Gasteiger partial charge in [-0.1, -0.05) is 20.8 Å². The molecule has 0 atom stereocenters. The van der Waals surface area contributed by atoms with Crippen molar-refractivity contribution in [1.82, 2.24) is 19.9 Å². The van der Waals surface area contributed by atoms with Gasteiger partial charge in [-0.15, -0.1) is 0 Å². The molecule has 6 aromatic rings. The van der Waals surface area contributed by atoms with Crippen LogP contribution < -0.4 is 50.0 Å². The van der Waals surface area contributed by atoms with Crippen molar-refractivity contribution in [3.63, 3.8) is 0 Å². The van der Waals surface area contributed by atoms with Gasteiger partial charge in [0, 0.05) is 98.4 Å². The third-order valence-corrected chi connectivity index (χ3v) is 18.9. The van der Waals surface area contributed by atoms with E-state index in [1.54, 1.807) is 28.4 Å². The van der Waals surface area contributed by atoms with E-state index in [2.05, 4.69) is 65.7 Å². The molecule has 0 unspecified atom stereocenters. The molecule has 0 spiro atoms. The van der Waals surface area contributed by atoms with E-state index in [9.17, 15) is 5.11 Å². The van der Waals surface area contributed by atoms with Crippen molar-refractivity contribution >= 4 is 64.8 Å². The zero-order valence-corrected chi connectivity index (χ0v) is 44.4. The van der Waals surface area contributed by atoms with E-state index in [1.165, 1.54) is 0 Å². The highest BCUT2D eigenvalue weighted by Crippen LogP contribution is 2.39. The molecule has 0 radical (unpaired) electrons. The monoisotopic (exact) mass is 989 g/mol. The molecule has 0 bridgehead atoms. The molecule has 16 nitrogen and oxygen atoms in total. The maximum absolute atomic E-state index is 9.73. The van der Waals surface area contributed by atoms with Crippen LogP contribution in [0.1, 0.15) is 46.5 Å². The maximum atomic E-state index is 9.73. The summed E-state index contributed by atoms with van der Waals surface area (Å²) < 4.78 is 28.6. The second-order valence-electron chi connectivity index (χ2n) is 19.9. The normalized spacial score (nSPS) is 14.8. The van der Waals surface area contributed by atoms with Crippen molar-refractivity contribution in [1.29, 1.82) is 0 Å². The van der Waals surface area contributed by atoms with E-state index in [1.807, 2.05) is 78.0 Å². The number of anilines is 6. The number of methoxy groups -OCH3 is 4. The predicted molar refractivity (Wildman–Crippen MR) is 290 cm³/mol. The molecule has 0 saturated carbocycles. The number of nitrogens with zero attached hydrogens (tertiary/aromatic N) is 8. The van der Waals surface area contributed by atoms with E-state index in [-0.39, 0.29) is 11.6 Å². The van der Waals surface area contributed by atoms with E-state index in [0.717, 1.165) is 133 Å². The van der Waals surface area contributed by atoms with Crippen molar-refractivity contribution in [2.24, 2.45) is 23.3 Å². The van der Waals surface area contributed by atoms with E-state index >= 15 is 0 Å². The predicted octanol–water partition coefficient (Wildman–Crippen LogP) is 8.93. The van der Waals surface area contributed by atoms with Crippen LogP contribution in [0, 0.1) is 11.8 Å². The minimum Gasteiger partial charge on any atom is -0.497 e. The third-order valence-electron chi connectivity index (χ3n) is 14.4. The molecule has 8 rings (SSSR count). The van der Waals surface area contributed by atoms with Crippen molar-refractivity contribution < 1.29 is 28.5 Å². The first kappa shape index (κ1) is 52.8. The Bertz CT molecular complexity index is 2630. The lowest BCUT2D eigenvalue weighted by atomic mass is 9.97. The minimum absolute atomic E-state index is 0.000627. The summed E-state index contributed by atoms with van der Waals surface area (Å²) in [7, 11) is 4.69. The molecule has 0 amide bonds. The number of benzene rings is 4. The Balaban J connectivity index is 0.000000213. The Morgan fingerprint density at radius 2 is 0.972 bits per heavy atom. The Hall–Kier alpha value is -5.98. The third kappa shape index (κ3) is 13.1. The van der Waals surface area contributed by atoms with Crippen LogP contribution in [0.4, 0.5) is 34.4 Å². The second-order valence-corrected chi connectivity index (χ2v) is 24.7. The van der Waals surface area contributed by atoms with Gasteiger partial charge in [-0.05, 0) is 105 Å². The van der Waals surface area contributed by atoms with Crippen LogP contribution in [-0.2, 0) is 4.43 Å². The van der Waals surface area contributed by atoms with Gasteiger partial charge in [0.1, 0.15) is 34.6 Å².